The van der Waals surface area contributed by atoms with E-state index in [4.69, 9.17) is 0 Å². The zero-order valence-corrected chi connectivity index (χ0v) is 14.7. The lowest BCUT2D eigenvalue weighted by Gasteiger charge is -2.34. The van der Waals surface area contributed by atoms with Crippen LogP contribution in [0.4, 0.5) is 13.2 Å². The van der Waals surface area contributed by atoms with Crippen molar-refractivity contribution >= 4 is 16.8 Å². The largest absolute Gasteiger partial charge is 0.353 e. The van der Waals surface area contributed by atoms with Gasteiger partial charge in [-0.05, 0) is 42.7 Å². The van der Waals surface area contributed by atoms with E-state index < -0.39 is 5.92 Å². The van der Waals surface area contributed by atoms with Gasteiger partial charge in [-0.1, -0.05) is 0 Å². The molecule has 1 amide bonds. The minimum atomic E-state index is -2.53. The molecule has 1 aromatic carbocycles. The number of hydrogen-bond donors (Lipinski definition) is 2. The minimum absolute atomic E-state index is 0.0358. The second kappa shape index (κ2) is 6.44. The number of hydrogen-bond acceptors (Lipinski definition) is 2. The van der Waals surface area contributed by atoms with Crippen LogP contribution < -0.4 is 5.32 Å². The highest BCUT2D eigenvalue weighted by Crippen LogP contribution is 2.43. The van der Waals surface area contributed by atoms with Gasteiger partial charge in [-0.15, -0.1) is 0 Å². The SMILES string of the molecule is Cn1nc(C(=O)NCCC2CC(F)(F)C2)cc1-c1cc2cc(F)ccc2[nH]1. The van der Waals surface area contributed by atoms with Crippen LogP contribution in [0.5, 0.6) is 0 Å². The van der Waals surface area contributed by atoms with Gasteiger partial charge in [-0.3, -0.25) is 9.48 Å². The lowest BCUT2D eigenvalue weighted by Crippen LogP contribution is -2.37. The Bertz CT molecular complexity index is 1000. The van der Waals surface area contributed by atoms with E-state index >= 15 is 0 Å². The maximum atomic E-state index is 13.4. The van der Waals surface area contributed by atoms with Gasteiger partial charge in [0.05, 0.1) is 11.4 Å². The summed E-state index contributed by atoms with van der Waals surface area (Å²) in [7, 11) is 1.72. The average Bonchev–Trinajstić information content (AvgIpc) is 3.15. The molecule has 0 radical (unpaired) electrons. The number of nitrogens with zero attached hydrogens (tertiary/aromatic N) is 2. The Morgan fingerprint density at radius 2 is 2.11 bits per heavy atom. The van der Waals surface area contributed by atoms with E-state index in [0.717, 1.165) is 16.6 Å². The normalized spacial score (nSPS) is 16.4. The summed E-state index contributed by atoms with van der Waals surface area (Å²) < 4.78 is 40.6. The molecule has 2 N–H and O–H groups in total. The molecule has 2 heterocycles. The number of carbonyl (C=O) groups is 1. The van der Waals surface area contributed by atoms with Crippen LogP contribution >= 0.6 is 0 Å². The number of aromatic nitrogens is 3. The van der Waals surface area contributed by atoms with Gasteiger partial charge in [0, 0.05) is 37.3 Å². The highest BCUT2D eigenvalue weighted by molar-refractivity contribution is 5.94. The van der Waals surface area contributed by atoms with Crippen molar-refractivity contribution in [2.75, 3.05) is 6.54 Å². The van der Waals surface area contributed by atoms with E-state index in [1.807, 2.05) is 0 Å². The molecular formula is C19H19F3N4O. The molecule has 1 aliphatic rings. The monoisotopic (exact) mass is 376 g/mol. The van der Waals surface area contributed by atoms with Crippen LogP contribution in [0, 0.1) is 11.7 Å². The first-order valence-corrected chi connectivity index (χ1v) is 8.79. The quantitative estimate of drug-likeness (QED) is 0.710. The Hall–Kier alpha value is -2.77. The number of carbonyl (C=O) groups excluding carboxylic acids is 1. The van der Waals surface area contributed by atoms with Gasteiger partial charge in [0.15, 0.2) is 5.69 Å². The lowest BCUT2D eigenvalue weighted by molar-refractivity contribution is -0.111. The van der Waals surface area contributed by atoms with Gasteiger partial charge in [-0.25, -0.2) is 13.2 Å². The molecule has 3 aromatic rings. The third-order valence-electron chi connectivity index (χ3n) is 4.98. The van der Waals surface area contributed by atoms with E-state index in [1.165, 1.54) is 12.1 Å². The number of fused-ring (bicyclic) bond motifs is 1. The van der Waals surface area contributed by atoms with Crippen molar-refractivity contribution in [3.63, 3.8) is 0 Å². The number of nitrogens with one attached hydrogen (secondary N) is 2. The van der Waals surface area contributed by atoms with Crippen LogP contribution in [0.3, 0.4) is 0 Å². The maximum Gasteiger partial charge on any atom is 0.271 e. The number of amides is 1. The van der Waals surface area contributed by atoms with Crippen LogP contribution in [-0.4, -0.2) is 33.1 Å². The molecule has 0 bridgehead atoms. The van der Waals surface area contributed by atoms with Crippen LogP contribution in [0.2, 0.25) is 0 Å². The van der Waals surface area contributed by atoms with Gasteiger partial charge in [0.1, 0.15) is 5.82 Å². The van der Waals surface area contributed by atoms with Gasteiger partial charge < -0.3 is 10.3 Å². The molecule has 0 saturated heterocycles. The van der Waals surface area contributed by atoms with Gasteiger partial charge >= 0.3 is 0 Å². The molecule has 0 atom stereocenters. The summed E-state index contributed by atoms with van der Waals surface area (Å²) >= 11 is 0. The fraction of sp³-hybridized carbons (Fsp3) is 0.368. The lowest BCUT2D eigenvalue weighted by atomic mass is 9.79. The van der Waals surface area contributed by atoms with E-state index in [2.05, 4.69) is 15.4 Å². The average molecular weight is 376 g/mol. The second-order valence-corrected chi connectivity index (χ2v) is 7.13. The standard InChI is InChI=1S/C19H19F3N4O/c1-26-17(15-7-12-6-13(20)2-3-14(12)24-15)8-16(25-26)18(27)23-5-4-11-9-19(21,22)10-11/h2-3,6-8,11,24H,4-5,9-10H2,1H3,(H,23,27). The van der Waals surface area contributed by atoms with Crippen molar-refractivity contribution in [1.29, 1.82) is 0 Å². The number of halogens is 3. The Morgan fingerprint density at radius 3 is 2.85 bits per heavy atom. The molecule has 0 unspecified atom stereocenters. The molecular weight excluding hydrogens is 357 g/mol. The predicted octanol–water partition coefficient (Wildman–Crippen LogP) is 3.87. The topological polar surface area (TPSA) is 62.7 Å². The Balaban J connectivity index is 1.43. The third-order valence-corrected chi connectivity index (χ3v) is 4.98. The number of alkyl halides is 2. The fourth-order valence-electron chi connectivity index (χ4n) is 3.54. The van der Waals surface area contributed by atoms with Crippen molar-refractivity contribution in [3.8, 4) is 11.4 Å². The van der Waals surface area contributed by atoms with Gasteiger partial charge in [-0.2, -0.15) is 5.10 Å². The molecule has 4 rings (SSSR count). The molecule has 1 aliphatic carbocycles. The minimum Gasteiger partial charge on any atom is -0.353 e. The molecule has 5 nitrogen and oxygen atoms in total. The zero-order valence-electron chi connectivity index (χ0n) is 14.7. The van der Waals surface area contributed by atoms with Crippen molar-refractivity contribution in [2.24, 2.45) is 13.0 Å². The highest BCUT2D eigenvalue weighted by Gasteiger charge is 2.44. The highest BCUT2D eigenvalue weighted by atomic mass is 19.3. The molecule has 8 heteroatoms. The number of H-pyrrole nitrogens is 1. The van der Waals surface area contributed by atoms with Crippen LogP contribution in [0.1, 0.15) is 29.8 Å². The Labute approximate surface area is 153 Å². The van der Waals surface area contributed by atoms with Crippen molar-refractivity contribution in [1.82, 2.24) is 20.1 Å². The summed E-state index contributed by atoms with van der Waals surface area (Å²) in [5.41, 5.74) is 2.45. The summed E-state index contributed by atoms with van der Waals surface area (Å²) in [6, 6.07) is 7.91. The first kappa shape index (κ1) is 17.6. The Morgan fingerprint density at radius 1 is 1.33 bits per heavy atom. The second-order valence-electron chi connectivity index (χ2n) is 7.13. The van der Waals surface area contributed by atoms with Gasteiger partial charge in [0.2, 0.25) is 5.92 Å². The molecule has 0 spiro atoms. The van der Waals surface area contributed by atoms with E-state index in [0.29, 0.717) is 18.7 Å². The van der Waals surface area contributed by atoms with E-state index in [-0.39, 0.29) is 36.2 Å². The molecule has 1 saturated carbocycles. The number of aryl methyl sites for hydroxylation is 1. The van der Waals surface area contributed by atoms with Crippen LogP contribution in [-0.2, 0) is 7.05 Å². The molecule has 0 aliphatic heterocycles. The van der Waals surface area contributed by atoms with Gasteiger partial charge in [0.25, 0.3) is 5.91 Å². The first-order chi connectivity index (χ1) is 12.8. The molecule has 1 fully saturated rings. The van der Waals surface area contributed by atoms with Crippen molar-refractivity contribution < 1.29 is 18.0 Å². The first-order valence-electron chi connectivity index (χ1n) is 8.79. The third kappa shape index (κ3) is 3.56. The van der Waals surface area contributed by atoms with Crippen molar-refractivity contribution in [3.05, 3.63) is 41.8 Å². The van der Waals surface area contributed by atoms with E-state index in [9.17, 15) is 18.0 Å². The summed E-state index contributed by atoms with van der Waals surface area (Å²) in [6.45, 7) is 0.344. The summed E-state index contributed by atoms with van der Waals surface area (Å²) in [5, 5.41) is 7.68. The van der Waals surface area contributed by atoms with E-state index in [1.54, 1.807) is 29.9 Å². The number of rotatable bonds is 5. The van der Waals surface area contributed by atoms with Crippen LogP contribution in [0.25, 0.3) is 22.3 Å². The summed E-state index contributed by atoms with van der Waals surface area (Å²) in [6.07, 6.45) is 0.337. The summed E-state index contributed by atoms with van der Waals surface area (Å²) in [4.78, 5) is 15.5. The Kier molecular flexibility index (Phi) is 4.20. The maximum absolute atomic E-state index is 13.4. The summed E-state index contributed by atoms with van der Waals surface area (Å²) in [5.74, 6) is -3.23. The van der Waals surface area contributed by atoms with Crippen molar-refractivity contribution in [2.45, 2.75) is 25.2 Å². The smallest absolute Gasteiger partial charge is 0.271 e. The number of benzene rings is 1. The molecule has 27 heavy (non-hydrogen) atoms. The van der Waals surface area contributed by atoms with Crippen LogP contribution in [0.15, 0.2) is 30.3 Å². The predicted molar refractivity (Wildman–Crippen MR) is 95.1 cm³/mol. The number of aromatic amines is 1. The molecule has 2 aromatic heterocycles. The molecule has 142 valence electrons. The fourth-order valence-corrected chi connectivity index (χ4v) is 3.54. The zero-order chi connectivity index (χ0) is 19.2.